The molecule has 0 aliphatic carbocycles. The van der Waals surface area contributed by atoms with E-state index in [0.717, 1.165) is 22.0 Å². The van der Waals surface area contributed by atoms with E-state index in [1.807, 2.05) is 48.7 Å². The number of aromatic nitrogens is 1. The second-order valence-electron chi connectivity index (χ2n) is 6.55. The molecule has 1 aromatic heterocycles. The molecule has 3 rings (SSSR count). The van der Waals surface area contributed by atoms with Crippen LogP contribution in [0.25, 0.3) is 10.9 Å². The van der Waals surface area contributed by atoms with Crippen LogP contribution in [0.15, 0.2) is 54.7 Å². The topological polar surface area (TPSA) is 71.2 Å². The number of thioether (sulfide) groups is 1. The Kier molecular flexibility index (Phi) is 7.61. The summed E-state index contributed by atoms with van der Waals surface area (Å²) in [4.78, 5) is 26.8. The number of aromatic amines is 1. The van der Waals surface area contributed by atoms with Crippen LogP contribution in [0.2, 0.25) is 5.02 Å². The molecule has 0 aliphatic heterocycles. The van der Waals surface area contributed by atoms with Crippen LogP contribution in [0.4, 0.5) is 0 Å². The van der Waals surface area contributed by atoms with Crippen molar-refractivity contribution in [1.82, 2.24) is 10.3 Å². The predicted molar refractivity (Wildman–Crippen MR) is 119 cm³/mol. The number of H-pyrrole nitrogens is 1. The molecule has 2 N–H and O–H groups in total. The van der Waals surface area contributed by atoms with Crippen LogP contribution in [-0.2, 0) is 14.3 Å². The Balaban J connectivity index is 1.71. The molecule has 0 aliphatic rings. The first-order chi connectivity index (χ1) is 14.1. The minimum absolute atomic E-state index is 0.0562. The van der Waals surface area contributed by atoms with E-state index in [1.165, 1.54) is 18.9 Å². The molecule has 1 amide bonds. The normalized spacial score (nSPS) is 11.9. The van der Waals surface area contributed by atoms with Gasteiger partial charge in [-0.2, -0.15) is 0 Å². The van der Waals surface area contributed by atoms with Crippen LogP contribution in [0.1, 0.15) is 23.5 Å². The van der Waals surface area contributed by atoms with Crippen LogP contribution in [0.3, 0.4) is 0 Å². The third kappa shape index (κ3) is 5.55. The summed E-state index contributed by atoms with van der Waals surface area (Å²) in [7, 11) is 1.36. The van der Waals surface area contributed by atoms with E-state index in [4.69, 9.17) is 11.6 Å². The minimum Gasteiger partial charge on any atom is -0.468 e. The Hall–Kier alpha value is -2.44. The number of para-hydroxylation sites is 1. The van der Waals surface area contributed by atoms with Crippen molar-refractivity contribution in [2.45, 2.75) is 12.3 Å². The molecule has 0 fully saturated rings. The highest BCUT2D eigenvalue weighted by molar-refractivity contribution is 7.99. The highest BCUT2D eigenvalue weighted by atomic mass is 35.5. The Morgan fingerprint density at radius 1 is 1.14 bits per heavy atom. The molecule has 1 atom stereocenters. The zero-order valence-corrected chi connectivity index (χ0v) is 17.7. The van der Waals surface area contributed by atoms with E-state index >= 15 is 0 Å². The fraction of sp³-hybridized carbons (Fsp3) is 0.273. The van der Waals surface area contributed by atoms with Gasteiger partial charge >= 0.3 is 5.97 Å². The number of nitrogens with one attached hydrogen (secondary N) is 2. The number of amides is 1. The molecule has 7 heteroatoms. The second kappa shape index (κ2) is 10.4. The molecule has 29 heavy (non-hydrogen) atoms. The molecule has 0 saturated heterocycles. The van der Waals surface area contributed by atoms with Gasteiger partial charge in [0, 0.05) is 46.8 Å². The van der Waals surface area contributed by atoms with Gasteiger partial charge in [-0.05, 0) is 23.3 Å². The number of methoxy groups -OCH3 is 1. The number of fused-ring (bicyclic) bond motifs is 1. The SMILES string of the molecule is COC(=O)CSCCC(=O)NCC(c1ccccc1Cl)c1c[nH]c2ccccc12. The lowest BCUT2D eigenvalue weighted by atomic mass is 9.90. The summed E-state index contributed by atoms with van der Waals surface area (Å²) in [6.45, 7) is 0.437. The monoisotopic (exact) mass is 430 g/mol. The van der Waals surface area contributed by atoms with E-state index < -0.39 is 0 Å². The fourth-order valence-corrected chi connectivity index (χ4v) is 4.24. The number of benzene rings is 2. The lowest BCUT2D eigenvalue weighted by molar-refractivity contribution is -0.137. The smallest absolute Gasteiger partial charge is 0.315 e. The second-order valence-corrected chi connectivity index (χ2v) is 8.06. The number of hydrogen-bond donors (Lipinski definition) is 2. The first-order valence-corrected chi connectivity index (χ1v) is 10.8. The molecule has 0 radical (unpaired) electrons. The minimum atomic E-state index is -0.284. The van der Waals surface area contributed by atoms with Gasteiger partial charge in [0.05, 0.1) is 12.9 Å². The highest BCUT2D eigenvalue weighted by Gasteiger charge is 2.21. The van der Waals surface area contributed by atoms with E-state index in [-0.39, 0.29) is 23.5 Å². The predicted octanol–water partition coefficient (Wildman–Crippen LogP) is 4.37. The maximum absolute atomic E-state index is 12.3. The van der Waals surface area contributed by atoms with Gasteiger partial charge in [-0.3, -0.25) is 9.59 Å². The average molecular weight is 431 g/mol. The number of carbonyl (C=O) groups is 2. The van der Waals surface area contributed by atoms with Gasteiger partial charge in [0.25, 0.3) is 0 Å². The Labute approximate surface area is 179 Å². The standard InChI is InChI=1S/C22H23ClN2O3S/c1-28-22(27)14-29-11-10-21(26)25-13-17(15-6-2-4-8-19(15)23)18-12-24-20-9-5-3-7-16(18)20/h2-9,12,17,24H,10-11,13-14H2,1H3,(H,25,26). The first-order valence-electron chi connectivity index (χ1n) is 9.32. The molecule has 3 aromatic rings. The average Bonchev–Trinajstić information content (AvgIpc) is 3.16. The lowest BCUT2D eigenvalue weighted by Crippen LogP contribution is -2.29. The van der Waals surface area contributed by atoms with Crippen LogP contribution in [-0.4, -0.2) is 42.0 Å². The van der Waals surface area contributed by atoms with Gasteiger partial charge in [-0.15, -0.1) is 11.8 Å². The maximum atomic E-state index is 12.3. The number of esters is 1. The van der Waals surface area contributed by atoms with Gasteiger partial charge in [0.1, 0.15) is 0 Å². The van der Waals surface area contributed by atoms with Crippen molar-refractivity contribution >= 4 is 46.1 Å². The summed E-state index contributed by atoms with van der Waals surface area (Å²) in [5.41, 5.74) is 3.11. The summed E-state index contributed by atoms with van der Waals surface area (Å²) in [6.07, 6.45) is 2.32. The van der Waals surface area contributed by atoms with Gasteiger partial charge in [0.2, 0.25) is 5.91 Å². The highest BCUT2D eigenvalue weighted by Crippen LogP contribution is 2.34. The van der Waals surface area contributed by atoms with E-state index in [9.17, 15) is 9.59 Å². The zero-order valence-electron chi connectivity index (χ0n) is 16.1. The molecular weight excluding hydrogens is 408 g/mol. The Morgan fingerprint density at radius 3 is 2.69 bits per heavy atom. The van der Waals surface area contributed by atoms with Crippen molar-refractivity contribution in [3.8, 4) is 0 Å². The lowest BCUT2D eigenvalue weighted by Gasteiger charge is -2.19. The summed E-state index contributed by atoms with van der Waals surface area (Å²) >= 11 is 7.86. The van der Waals surface area contributed by atoms with Crippen LogP contribution in [0, 0.1) is 0 Å². The van der Waals surface area contributed by atoms with Crippen molar-refractivity contribution in [2.24, 2.45) is 0 Å². The summed E-state index contributed by atoms with van der Waals surface area (Å²) in [5, 5.41) is 4.81. The molecular formula is C22H23ClN2O3S. The summed E-state index contributed by atoms with van der Waals surface area (Å²) in [5.74, 6) is 0.394. The molecule has 152 valence electrons. The number of halogens is 1. The Morgan fingerprint density at radius 2 is 1.90 bits per heavy atom. The first kappa shape index (κ1) is 21.3. The van der Waals surface area contributed by atoms with E-state index in [1.54, 1.807) is 0 Å². The van der Waals surface area contributed by atoms with E-state index in [2.05, 4.69) is 21.1 Å². The van der Waals surface area contributed by atoms with Crippen molar-refractivity contribution < 1.29 is 14.3 Å². The quantitative estimate of drug-likeness (QED) is 0.390. The van der Waals surface area contributed by atoms with Gasteiger partial charge in [0.15, 0.2) is 0 Å². The van der Waals surface area contributed by atoms with Crippen molar-refractivity contribution in [2.75, 3.05) is 25.2 Å². The molecule has 0 saturated carbocycles. The van der Waals surface area contributed by atoms with E-state index in [0.29, 0.717) is 23.7 Å². The van der Waals surface area contributed by atoms with Crippen LogP contribution in [0.5, 0.6) is 0 Å². The van der Waals surface area contributed by atoms with Crippen LogP contribution >= 0.6 is 23.4 Å². The van der Waals surface area contributed by atoms with Gasteiger partial charge in [-0.25, -0.2) is 0 Å². The fourth-order valence-electron chi connectivity index (χ4n) is 3.21. The maximum Gasteiger partial charge on any atom is 0.315 e. The molecule has 1 unspecified atom stereocenters. The largest absolute Gasteiger partial charge is 0.468 e. The molecule has 0 spiro atoms. The number of carbonyl (C=O) groups excluding carboxylic acids is 2. The molecule has 2 aromatic carbocycles. The Bertz CT molecular complexity index is 989. The summed E-state index contributed by atoms with van der Waals surface area (Å²) < 4.78 is 4.60. The summed E-state index contributed by atoms with van der Waals surface area (Å²) in [6, 6.07) is 15.8. The van der Waals surface area contributed by atoms with Crippen molar-refractivity contribution in [3.05, 3.63) is 70.9 Å². The number of hydrogen-bond acceptors (Lipinski definition) is 4. The molecule has 0 bridgehead atoms. The third-order valence-electron chi connectivity index (χ3n) is 4.70. The number of rotatable bonds is 9. The van der Waals surface area contributed by atoms with Crippen LogP contribution < -0.4 is 5.32 Å². The van der Waals surface area contributed by atoms with Crippen molar-refractivity contribution in [3.63, 3.8) is 0 Å². The van der Waals surface area contributed by atoms with Gasteiger partial charge < -0.3 is 15.0 Å². The zero-order chi connectivity index (χ0) is 20.6. The molecule has 5 nitrogen and oxygen atoms in total. The van der Waals surface area contributed by atoms with Gasteiger partial charge in [-0.1, -0.05) is 48.0 Å². The van der Waals surface area contributed by atoms with Crippen molar-refractivity contribution in [1.29, 1.82) is 0 Å². The number of ether oxygens (including phenoxy) is 1. The molecule has 1 heterocycles. The third-order valence-corrected chi connectivity index (χ3v) is 5.98.